The van der Waals surface area contributed by atoms with E-state index >= 15 is 0 Å². The van der Waals surface area contributed by atoms with Crippen molar-refractivity contribution in [3.05, 3.63) is 34.1 Å². The molecule has 1 N–H and O–H groups in total. The maximum absolute atomic E-state index is 13.0. The molecule has 0 saturated carbocycles. The van der Waals surface area contributed by atoms with E-state index in [9.17, 15) is 9.18 Å². The molecule has 0 aromatic heterocycles. The Balaban J connectivity index is 1.90. The van der Waals surface area contributed by atoms with Gasteiger partial charge >= 0.3 is 0 Å². The SMILES string of the molecule is O=C(Cc1ccc(F)c(Br)c1)CC1CCCN1. The standard InChI is InChI=1S/C13H15BrFNO/c14-12-7-9(3-4-13(12)15)6-11(17)8-10-2-1-5-16-10/h3-4,7,10,16H,1-2,5-6,8H2. The minimum Gasteiger partial charge on any atom is -0.314 e. The number of benzene rings is 1. The average molecular weight is 300 g/mol. The van der Waals surface area contributed by atoms with Gasteiger partial charge in [-0.15, -0.1) is 0 Å². The van der Waals surface area contributed by atoms with E-state index in [1.807, 2.05) is 0 Å². The van der Waals surface area contributed by atoms with Crippen LogP contribution in [0.3, 0.4) is 0 Å². The Kier molecular flexibility index (Phi) is 4.29. The van der Waals surface area contributed by atoms with Crippen LogP contribution >= 0.6 is 15.9 Å². The minimum absolute atomic E-state index is 0.211. The number of carbonyl (C=O) groups excluding carboxylic acids is 1. The summed E-state index contributed by atoms with van der Waals surface area (Å²) in [6.45, 7) is 1.01. The Morgan fingerprint density at radius 1 is 1.53 bits per heavy atom. The lowest BCUT2D eigenvalue weighted by Gasteiger charge is -2.09. The zero-order valence-corrected chi connectivity index (χ0v) is 11.1. The monoisotopic (exact) mass is 299 g/mol. The highest BCUT2D eigenvalue weighted by molar-refractivity contribution is 9.10. The van der Waals surface area contributed by atoms with Crippen LogP contribution in [0.5, 0.6) is 0 Å². The second-order valence-electron chi connectivity index (χ2n) is 4.46. The Hall–Kier alpha value is -0.740. The van der Waals surface area contributed by atoms with Gasteiger partial charge in [0.2, 0.25) is 0 Å². The van der Waals surface area contributed by atoms with Crippen LogP contribution in [0.15, 0.2) is 22.7 Å². The molecule has 1 atom stereocenters. The number of hydrogen-bond donors (Lipinski definition) is 1. The highest BCUT2D eigenvalue weighted by atomic mass is 79.9. The van der Waals surface area contributed by atoms with Gasteiger partial charge < -0.3 is 5.32 Å². The molecule has 0 radical (unpaired) electrons. The summed E-state index contributed by atoms with van der Waals surface area (Å²) < 4.78 is 13.4. The molecule has 17 heavy (non-hydrogen) atoms. The van der Waals surface area contributed by atoms with E-state index in [1.54, 1.807) is 12.1 Å². The molecule has 0 bridgehead atoms. The van der Waals surface area contributed by atoms with Crippen molar-refractivity contribution in [3.8, 4) is 0 Å². The Morgan fingerprint density at radius 2 is 2.35 bits per heavy atom. The van der Waals surface area contributed by atoms with Crippen LogP contribution in [0.1, 0.15) is 24.8 Å². The molecule has 1 aromatic rings. The third kappa shape index (κ3) is 3.61. The van der Waals surface area contributed by atoms with Gasteiger partial charge in [0.25, 0.3) is 0 Å². The fourth-order valence-electron chi connectivity index (χ4n) is 2.16. The second-order valence-corrected chi connectivity index (χ2v) is 5.32. The van der Waals surface area contributed by atoms with Crippen LogP contribution in [0.2, 0.25) is 0 Å². The average Bonchev–Trinajstić information content (AvgIpc) is 2.76. The minimum atomic E-state index is -0.293. The third-order valence-electron chi connectivity index (χ3n) is 3.02. The molecule has 1 aromatic carbocycles. The second kappa shape index (κ2) is 5.74. The molecule has 1 aliphatic heterocycles. The van der Waals surface area contributed by atoms with Crippen LogP contribution in [-0.4, -0.2) is 18.4 Å². The predicted molar refractivity (Wildman–Crippen MR) is 68.5 cm³/mol. The molecule has 1 fully saturated rings. The molecule has 1 unspecified atom stereocenters. The van der Waals surface area contributed by atoms with Gasteiger partial charge in [-0.3, -0.25) is 4.79 Å². The van der Waals surface area contributed by atoms with Crippen LogP contribution < -0.4 is 5.32 Å². The largest absolute Gasteiger partial charge is 0.314 e. The molecular weight excluding hydrogens is 285 g/mol. The van der Waals surface area contributed by atoms with E-state index in [2.05, 4.69) is 21.2 Å². The van der Waals surface area contributed by atoms with Crippen molar-refractivity contribution >= 4 is 21.7 Å². The van der Waals surface area contributed by atoms with Crippen LogP contribution in [0, 0.1) is 5.82 Å². The van der Waals surface area contributed by atoms with Crippen LogP contribution in [0.4, 0.5) is 4.39 Å². The lowest BCUT2D eigenvalue weighted by molar-refractivity contribution is -0.118. The fraction of sp³-hybridized carbons (Fsp3) is 0.462. The number of halogens is 2. The van der Waals surface area contributed by atoms with E-state index in [0.29, 0.717) is 23.4 Å². The maximum Gasteiger partial charge on any atom is 0.138 e. The van der Waals surface area contributed by atoms with Gasteiger partial charge in [0.15, 0.2) is 0 Å². The number of Topliss-reactive ketones (excluding diaryl/α,β-unsaturated/α-hetero) is 1. The Morgan fingerprint density at radius 3 is 3.00 bits per heavy atom. The van der Waals surface area contributed by atoms with Crippen molar-refractivity contribution in [3.63, 3.8) is 0 Å². The summed E-state index contributed by atoms with van der Waals surface area (Å²) in [7, 11) is 0. The Labute approximate surface area is 109 Å². The van der Waals surface area contributed by atoms with Gasteiger partial charge in [-0.2, -0.15) is 0 Å². The zero-order valence-electron chi connectivity index (χ0n) is 9.51. The first-order valence-corrected chi connectivity index (χ1v) is 6.63. The van der Waals surface area contributed by atoms with Crippen molar-refractivity contribution in [2.45, 2.75) is 31.7 Å². The van der Waals surface area contributed by atoms with Crippen molar-refractivity contribution in [2.75, 3.05) is 6.54 Å². The summed E-state index contributed by atoms with van der Waals surface area (Å²) in [6.07, 6.45) is 3.20. The molecule has 2 rings (SSSR count). The molecule has 1 heterocycles. The van der Waals surface area contributed by atoms with E-state index in [-0.39, 0.29) is 11.6 Å². The first-order chi connectivity index (χ1) is 8.15. The van der Waals surface area contributed by atoms with Gasteiger partial charge in [0, 0.05) is 18.9 Å². The summed E-state index contributed by atoms with van der Waals surface area (Å²) in [4.78, 5) is 11.8. The van der Waals surface area contributed by atoms with Crippen molar-refractivity contribution < 1.29 is 9.18 Å². The molecule has 92 valence electrons. The van der Waals surface area contributed by atoms with E-state index in [0.717, 1.165) is 24.9 Å². The summed E-state index contributed by atoms with van der Waals surface area (Å²) in [6, 6.07) is 5.07. The molecule has 1 saturated heterocycles. The highest BCUT2D eigenvalue weighted by Crippen LogP contribution is 2.18. The third-order valence-corrected chi connectivity index (χ3v) is 3.63. The van der Waals surface area contributed by atoms with Gasteiger partial charge in [-0.05, 0) is 53.0 Å². The highest BCUT2D eigenvalue weighted by Gasteiger charge is 2.17. The summed E-state index contributed by atoms with van der Waals surface area (Å²) in [5, 5.41) is 3.30. The summed E-state index contributed by atoms with van der Waals surface area (Å²) in [5.41, 5.74) is 0.862. The van der Waals surface area contributed by atoms with Crippen molar-refractivity contribution in [1.29, 1.82) is 0 Å². The lowest BCUT2D eigenvalue weighted by Crippen LogP contribution is -2.25. The van der Waals surface area contributed by atoms with Crippen molar-refractivity contribution in [2.24, 2.45) is 0 Å². The van der Waals surface area contributed by atoms with Gasteiger partial charge in [0.1, 0.15) is 11.6 Å². The maximum atomic E-state index is 13.0. The first-order valence-electron chi connectivity index (χ1n) is 5.84. The molecule has 1 aliphatic rings. The van der Waals surface area contributed by atoms with Crippen LogP contribution in [-0.2, 0) is 11.2 Å². The first kappa shape index (κ1) is 12.7. The number of nitrogens with one attached hydrogen (secondary N) is 1. The number of rotatable bonds is 4. The molecular formula is C13H15BrFNO. The lowest BCUT2D eigenvalue weighted by atomic mass is 10.0. The number of carbonyl (C=O) groups is 1. The predicted octanol–water partition coefficient (Wildman–Crippen LogP) is 2.84. The molecule has 0 spiro atoms. The topological polar surface area (TPSA) is 29.1 Å². The quantitative estimate of drug-likeness (QED) is 0.926. The summed E-state index contributed by atoms with van der Waals surface area (Å²) in [5.74, 6) is -0.0819. The van der Waals surface area contributed by atoms with E-state index in [1.165, 1.54) is 6.07 Å². The normalized spacial score (nSPS) is 19.5. The Bertz CT molecular complexity index is 416. The molecule has 0 aliphatic carbocycles. The van der Waals surface area contributed by atoms with E-state index < -0.39 is 0 Å². The molecule has 0 amide bonds. The fourth-order valence-corrected chi connectivity index (χ4v) is 2.58. The van der Waals surface area contributed by atoms with Crippen molar-refractivity contribution in [1.82, 2.24) is 5.32 Å². The van der Waals surface area contributed by atoms with E-state index in [4.69, 9.17) is 0 Å². The molecule has 2 nitrogen and oxygen atoms in total. The van der Waals surface area contributed by atoms with Gasteiger partial charge in [-0.1, -0.05) is 6.07 Å². The number of hydrogen-bond acceptors (Lipinski definition) is 2. The zero-order chi connectivity index (χ0) is 12.3. The molecule has 4 heteroatoms. The van der Waals surface area contributed by atoms with Gasteiger partial charge in [0.05, 0.1) is 4.47 Å². The summed E-state index contributed by atoms with van der Waals surface area (Å²) >= 11 is 3.13. The smallest absolute Gasteiger partial charge is 0.138 e. The van der Waals surface area contributed by atoms with Gasteiger partial charge in [-0.25, -0.2) is 4.39 Å². The number of ketones is 1. The van der Waals surface area contributed by atoms with Crippen LogP contribution in [0.25, 0.3) is 0 Å².